The maximum atomic E-state index is 11.8. The van der Waals surface area contributed by atoms with Crippen LogP contribution in [0.5, 0.6) is 0 Å². The van der Waals surface area contributed by atoms with Crippen LogP contribution in [-0.2, 0) is 9.53 Å². The minimum atomic E-state index is -0.138. The van der Waals surface area contributed by atoms with E-state index in [0.29, 0.717) is 5.92 Å². The highest BCUT2D eigenvalue weighted by atomic mass is 16.6. The van der Waals surface area contributed by atoms with E-state index >= 15 is 0 Å². The van der Waals surface area contributed by atoms with Crippen LogP contribution in [0.25, 0.3) is 0 Å². The normalized spacial score (nSPS) is 45.7. The van der Waals surface area contributed by atoms with Gasteiger partial charge in [0, 0.05) is 12.0 Å². The van der Waals surface area contributed by atoms with Crippen molar-refractivity contribution in [3.8, 4) is 0 Å². The second kappa shape index (κ2) is 4.40. The summed E-state index contributed by atoms with van der Waals surface area (Å²) in [5.74, 6) is 3.15. The van der Waals surface area contributed by atoms with Gasteiger partial charge in [0.1, 0.15) is 5.60 Å². The molecule has 0 aromatic carbocycles. The summed E-state index contributed by atoms with van der Waals surface area (Å²) in [6.07, 6.45) is 11.0. The lowest BCUT2D eigenvalue weighted by Crippen LogP contribution is -2.44. The largest absolute Gasteiger partial charge is 0.456 e. The Morgan fingerprint density at radius 3 is 2.89 bits per heavy atom. The zero-order valence-corrected chi connectivity index (χ0v) is 11.5. The first-order chi connectivity index (χ1) is 8.70. The molecule has 0 radical (unpaired) electrons. The lowest BCUT2D eigenvalue weighted by molar-refractivity contribution is -0.164. The van der Waals surface area contributed by atoms with Crippen LogP contribution in [0.1, 0.15) is 52.4 Å². The Hall–Kier alpha value is -0.790. The fourth-order valence-electron chi connectivity index (χ4n) is 5.18. The Kier molecular flexibility index (Phi) is 2.99. The topological polar surface area (TPSA) is 26.3 Å². The first-order valence-electron chi connectivity index (χ1n) is 7.56. The number of esters is 1. The molecule has 18 heavy (non-hydrogen) atoms. The molecule has 0 saturated heterocycles. The molecule has 0 aliphatic heterocycles. The summed E-state index contributed by atoms with van der Waals surface area (Å²) < 4.78 is 5.90. The van der Waals surface area contributed by atoms with E-state index in [2.05, 4.69) is 6.92 Å². The predicted molar refractivity (Wildman–Crippen MR) is 71.0 cm³/mol. The molecule has 0 amide bonds. The molecule has 3 fully saturated rings. The van der Waals surface area contributed by atoms with Crippen LogP contribution < -0.4 is 0 Å². The molecule has 3 aliphatic rings. The molecule has 2 heteroatoms. The molecule has 3 rings (SSSR count). The van der Waals surface area contributed by atoms with Crippen molar-refractivity contribution in [3.05, 3.63) is 12.2 Å². The second-order valence-electron chi connectivity index (χ2n) is 6.40. The zero-order chi connectivity index (χ0) is 12.8. The first kappa shape index (κ1) is 12.3. The highest BCUT2D eigenvalue weighted by molar-refractivity contribution is 5.82. The quantitative estimate of drug-likeness (QED) is 0.562. The van der Waals surface area contributed by atoms with E-state index in [4.69, 9.17) is 4.74 Å². The molecule has 5 unspecified atom stereocenters. The molecule has 0 aromatic heterocycles. The van der Waals surface area contributed by atoms with Gasteiger partial charge in [0.2, 0.25) is 0 Å². The van der Waals surface area contributed by atoms with E-state index in [-0.39, 0.29) is 11.6 Å². The van der Waals surface area contributed by atoms with Crippen LogP contribution in [-0.4, -0.2) is 11.6 Å². The van der Waals surface area contributed by atoms with Crippen molar-refractivity contribution in [2.24, 2.45) is 23.7 Å². The van der Waals surface area contributed by atoms with Crippen molar-refractivity contribution in [2.75, 3.05) is 0 Å². The van der Waals surface area contributed by atoms with Gasteiger partial charge in [-0.2, -0.15) is 0 Å². The van der Waals surface area contributed by atoms with Gasteiger partial charge in [-0.3, -0.25) is 0 Å². The minimum absolute atomic E-state index is 0.132. The smallest absolute Gasteiger partial charge is 0.330 e. The maximum absolute atomic E-state index is 11.8. The third-order valence-corrected chi connectivity index (χ3v) is 5.79. The Morgan fingerprint density at radius 1 is 1.39 bits per heavy atom. The molecule has 0 heterocycles. The van der Waals surface area contributed by atoms with Crippen molar-refractivity contribution < 1.29 is 9.53 Å². The van der Waals surface area contributed by atoms with Gasteiger partial charge in [0.15, 0.2) is 0 Å². The van der Waals surface area contributed by atoms with E-state index in [1.54, 1.807) is 12.2 Å². The Labute approximate surface area is 110 Å². The molecule has 0 spiro atoms. The van der Waals surface area contributed by atoms with Gasteiger partial charge in [-0.1, -0.05) is 19.4 Å². The summed E-state index contributed by atoms with van der Waals surface area (Å²) in [6, 6.07) is 0. The summed E-state index contributed by atoms with van der Waals surface area (Å²) in [5, 5.41) is 0. The fraction of sp³-hybridized carbons (Fsp3) is 0.812. The van der Waals surface area contributed by atoms with Crippen LogP contribution in [0.2, 0.25) is 0 Å². The fourth-order valence-corrected chi connectivity index (χ4v) is 5.18. The van der Waals surface area contributed by atoms with Gasteiger partial charge in [-0.25, -0.2) is 4.79 Å². The van der Waals surface area contributed by atoms with Gasteiger partial charge in [0.05, 0.1) is 0 Å². The summed E-state index contributed by atoms with van der Waals surface area (Å²) >= 11 is 0. The summed E-state index contributed by atoms with van der Waals surface area (Å²) in [6.45, 7) is 4.06. The van der Waals surface area contributed by atoms with Gasteiger partial charge in [0.25, 0.3) is 0 Å². The van der Waals surface area contributed by atoms with Crippen molar-refractivity contribution in [3.63, 3.8) is 0 Å². The second-order valence-corrected chi connectivity index (χ2v) is 6.40. The average Bonchev–Trinajstić information content (AvgIpc) is 2.99. The summed E-state index contributed by atoms with van der Waals surface area (Å²) in [7, 11) is 0. The van der Waals surface area contributed by atoms with Crippen LogP contribution in [0.15, 0.2) is 12.2 Å². The molecular weight excluding hydrogens is 224 g/mol. The molecule has 3 saturated carbocycles. The van der Waals surface area contributed by atoms with Gasteiger partial charge >= 0.3 is 5.97 Å². The van der Waals surface area contributed by atoms with Gasteiger partial charge in [-0.15, -0.1) is 0 Å². The molecule has 3 aliphatic carbocycles. The maximum Gasteiger partial charge on any atom is 0.330 e. The van der Waals surface area contributed by atoms with Gasteiger partial charge in [-0.05, 0) is 56.8 Å². The van der Waals surface area contributed by atoms with Crippen molar-refractivity contribution in [1.29, 1.82) is 0 Å². The monoisotopic (exact) mass is 248 g/mol. The summed E-state index contributed by atoms with van der Waals surface area (Å²) in [5.41, 5.74) is -0.132. The molecule has 5 atom stereocenters. The highest BCUT2D eigenvalue weighted by Gasteiger charge is 2.61. The third kappa shape index (κ3) is 1.64. The lowest BCUT2D eigenvalue weighted by atomic mass is 9.71. The van der Waals surface area contributed by atoms with Crippen LogP contribution in [0, 0.1) is 23.7 Å². The molecule has 0 N–H and O–H groups in total. The molecule has 100 valence electrons. The van der Waals surface area contributed by atoms with E-state index in [9.17, 15) is 4.79 Å². The van der Waals surface area contributed by atoms with Crippen molar-refractivity contribution in [2.45, 2.75) is 58.0 Å². The highest BCUT2D eigenvalue weighted by Crippen LogP contribution is 2.64. The molecule has 0 aromatic rings. The predicted octanol–water partition coefficient (Wildman–Crippen LogP) is 3.71. The number of fused-ring (bicyclic) bond motifs is 5. The van der Waals surface area contributed by atoms with E-state index < -0.39 is 0 Å². The number of allylic oxidation sites excluding steroid dienone is 1. The summed E-state index contributed by atoms with van der Waals surface area (Å²) in [4.78, 5) is 11.8. The Morgan fingerprint density at radius 2 is 2.17 bits per heavy atom. The molecular formula is C16H24O2. The number of carbonyl (C=O) groups excluding carboxylic acids is 1. The van der Waals surface area contributed by atoms with Crippen LogP contribution >= 0.6 is 0 Å². The Bertz CT molecular complexity index is 373. The van der Waals surface area contributed by atoms with Crippen LogP contribution in [0.3, 0.4) is 0 Å². The van der Waals surface area contributed by atoms with Crippen LogP contribution in [0.4, 0.5) is 0 Å². The standard InChI is InChI=1S/C16H24O2/c1-3-6-15(17)18-16(4-2)10-11-9-14(16)13-8-5-7-12(11)13/h3,6,11-14H,4-5,7-10H2,1-2H3. The Balaban J connectivity index is 1.80. The van der Waals surface area contributed by atoms with E-state index in [1.165, 1.54) is 25.7 Å². The van der Waals surface area contributed by atoms with E-state index in [0.717, 1.165) is 30.6 Å². The number of hydrogen-bond acceptors (Lipinski definition) is 2. The minimum Gasteiger partial charge on any atom is -0.456 e. The molecule has 2 nitrogen and oxygen atoms in total. The zero-order valence-electron chi connectivity index (χ0n) is 11.5. The number of carbonyl (C=O) groups is 1. The van der Waals surface area contributed by atoms with E-state index in [1.807, 2.05) is 6.92 Å². The van der Waals surface area contributed by atoms with Gasteiger partial charge < -0.3 is 4.74 Å². The SMILES string of the molecule is CC=CC(=O)OC1(CC)CC2CC1C1CCCC21. The molecule has 2 bridgehead atoms. The number of ether oxygens (including phenoxy) is 1. The number of hydrogen-bond donors (Lipinski definition) is 0. The number of rotatable bonds is 3. The van der Waals surface area contributed by atoms with Crippen molar-refractivity contribution >= 4 is 5.97 Å². The first-order valence-corrected chi connectivity index (χ1v) is 7.56. The third-order valence-electron chi connectivity index (χ3n) is 5.79. The van der Waals surface area contributed by atoms with Crippen molar-refractivity contribution in [1.82, 2.24) is 0 Å². The average molecular weight is 248 g/mol. The lowest BCUT2D eigenvalue weighted by Gasteiger charge is -2.41.